The molecular weight excluding hydrogens is 657 g/mol. The summed E-state index contributed by atoms with van der Waals surface area (Å²) < 4.78 is 77.7. The molecule has 2 heterocycles. The van der Waals surface area contributed by atoms with E-state index in [9.17, 15) is 22.0 Å². The van der Waals surface area contributed by atoms with E-state index in [1.54, 1.807) is 35.7 Å². The van der Waals surface area contributed by atoms with Crippen LogP contribution >= 0.6 is 22.9 Å². The second kappa shape index (κ2) is 12.1. The molecule has 4 aromatic carbocycles. The fourth-order valence-corrected chi connectivity index (χ4v) is 7.82. The maximum Gasteiger partial charge on any atom is 0.340 e. The Morgan fingerprint density at radius 1 is 0.978 bits per heavy atom. The molecule has 0 aliphatic heterocycles. The smallest absolute Gasteiger partial charge is 0.340 e. The number of methoxy groups -OCH3 is 1. The largest absolute Gasteiger partial charge is 0.465 e. The zero-order chi connectivity index (χ0) is 32.7. The molecule has 0 amide bonds. The number of benzene rings is 4. The van der Waals surface area contributed by atoms with Gasteiger partial charge in [0.05, 0.1) is 35.4 Å². The summed E-state index contributed by atoms with van der Waals surface area (Å²) in [6.45, 7) is 6.97. The van der Waals surface area contributed by atoms with Crippen molar-refractivity contribution in [1.82, 2.24) is 3.97 Å². The van der Waals surface area contributed by atoms with Crippen molar-refractivity contribution >= 4 is 54.8 Å². The maximum absolute atomic E-state index is 15.0. The number of hydrogen-bond acceptors (Lipinski definition) is 5. The van der Waals surface area contributed by atoms with Crippen LogP contribution in [0.1, 0.15) is 15.9 Å². The van der Waals surface area contributed by atoms with Gasteiger partial charge < -0.3 is 4.74 Å². The second-order valence-electron chi connectivity index (χ2n) is 10.1. The SMILES string of the molecule is [C-]#[N+]c1sccc1-c1c(-c2cccc(-c3cc(F)c(C(=O)OC)cc3Cl)c2)n(S(=O)(=O)c2ccc(CF)cc2)c2ccc(F)cc12. The molecule has 0 saturated heterocycles. The number of fused-ring (bicyclic) bond motifs is 1. The van der Waals surface area contributed by atoms with Crippen LogP contribution in [0.5, 0.6) is 0 Å². The van der Waals surface area contributed by atoms with E-state index in [0.717, 1.165) is 40.6 Å². The van der Waals surface area contributed by atoms with Crippen molar-refractivity contribution < 1.29 is 31.1 Å². The Labute approximate surface area is 270 Å². The average Bonchev–Trinajstić information content (AvgIpc) is 3.67. The number of halogens is 4. The maximum atomic E-state index is 15.0. The highest BCUT2D eigenvalue weighted by Gasteiger charge is 2.30. The summed E-state index contributed by atoms with van der Waals surface area (Å²) in [4.78, 5) is 15.5. The van der Waals surface area contributed by atoms with Gasteiger partial charge in [0, 0.05) is 32.7 Å². The zero-order valence-corrected chi connectivity index (χ0v) is 26.1. The standard InChI is InChI=1S/C34H20ClF3N2O4S2/c1-39-33-24(12-13-45-33)31-27-15-22(37)8-11-30(27)40(46(42,43)23-9-6-19(18-36)7-10-23)32(31)21-5-3-4-20(14-21)25-17-29(38)26(16-28(25)35)34(41)44-2/h3-17H,18H2,2H3. The summed E-state index contributed by atoms with van der Waals surface area (Å²) in [5.41, 5.74) is 1.79. The van der Waals surface area contributed by atoms with Crippen LogP contribution in [0.3, 0.4) is 0 Å². The molecule has 0 unspecified atom stereocenters. The predicted molar refractivity (Wildman–Crippen MR) is 172 cm³/mol. The van der Waals surface area contributed by atoms with E-state index in [0.29, 0.717) is 22.3 Å². The van der Waals surface area contributed by atoms with Crippen molar-refractivity contribution in [2.75, 3.05) is 7.11 Å². The lowest BCUT2D eigenvalue weighted by Gasteiger charge is -2.15. The molecule has 0 atom stereocenters. The number of esters is 1. The first-order chi connectivity index (χ1) is 22.1. The van der Waals surface area contributed by atoms with Crippen LogP contribution in [0.2, 0.25) is 5.02 Å². The summed E-state index contributed by atoms with van der Waals surface area (Å²) >= 11 is 7.65. The van der Waals surface area contributed by atoms with Gasteiger partial charge in [0.15, 0.2) is 0 Å². The van der Waals surface area contributed by atoms with E-state index < -0.39 is 34.3 Å². The molecule has 0 bridgehead atoms. The summed E-state index contributed by atoms with van der Waals surface area (Å²) in [7, 11) is -3.31. The molecule has 0 fully saturated rings. The molecule has 6 rings (SSSR count). The normalized spacial score (nSPS) is 11.5. The minimum Gasteiger partial charge on any atom is -0.465 e. The molecule has 0 radical (unpaired) electrons. The number of rotatable bonds is 7. The molecule has 6 nitrogen and oxygen atoms in total. The van der Waals surface area contributed by atoms with Gasteiger partial charge in [-0.2, -0.15) is 11.3 Å². The molecule has 46 heavy (non-hydrogen) atoms. The van der Waals surface area contributed by atoms with Crippen LogP contribution in [0.15, 0.2) is 95.2 Å². The van der Waals surface area contributed by atoms with Crippen LogP contribution in [-0.2, 0) is 21.4 Å². The van der Waals surface area contributed by atoms with Crippen LogP contribution < -0.4 is 0 Å². The highest BCUT2D eigenvalue weighted by molar-refractivity contribution is 7.90. The minimum atomic E-state index is -4.42. The third kappa shape index (κ3) is 5.24. The van der Waals surface area contributed by atoms with Crippen LogP contribution in [0, 0.1) is 18.2 Å². The quantitative estimate of drug-likeness (QED) is 0.125. The summed E-state index contributed by atoms with van der Waals surface area (Å²) in [6, 6.07) is 19.4. The Balaban J connectivity index is 1.70. The van der Waals surface area contributed by atoms with Gasteiger partial charge in [-0.05, 0) is 65.0 Å². The molecule has 6 aromatic rings. The first-order valence-corrected chi connectivity index (χ1v) is 16.2. The first kappa shape index (κ1) is 31.1. The molecule has 0 saturated carbocycles. The Morgan fingerprint density at radius 2 is 1.72 bits per heavy atom. The van der Waals surface area contributed by atoms with Gasteiger partial charge in [-0.3, -0.25) is 0 Å². The molecule has 2 aromatic heterocycles. The molecule has 0 aliphatic carbocycles. The minimum absolute atomic E-state index is 0.0375. The predicted octanol–water partition coefficient (Wildman–Crippen LogP) is 9.68. The van der Waals surface area contributed by atoms with E-state index in [4.69, 9.17) is 18.2 Å². The van der Waals surface area contributed by atoms with Gasteiger partial charge in [-0.1, -0.05) is 48.0 Å². The van der Waals surface area contributed by atoms with Gasteiger partial charge in [0.1, 0.15) is 18.3 Å². The number of carbonyl (C=O) groups is 1. The number of aromatic nitrogens is 1. The molecule has 0 N–H and O–H groups in total. The van der Waals surface area contributed by atoms with E-state index in [1.165, 1.54) is 36.4 Å². The highest BCUT2D eigenvalue weighted by atomic mass is 35.5. The fourth-order valence-electron chi connectivity index (χ4n) is 5.32. The fraction of sp³-hybridized carbons (Fsp3) is 0.0588. The van der Waals surface area contributed by atoms with E-state index in [-0.39, 0.29) is 48.2 Å². The topological polar surface area (TPSA) is 69.7 Å². The summed E-state index contributed by atoms with van der Waals surface area (Å²) in [5.74, 6) is -2.40. The third-order valence-corrected chi connectivity index (χ3v) is 10.3. The van der Waals surface area contributed by atoms with Crippen molar-refractivity contribution in [3.8, 4) is 33.5 Å². The molecule has 0 spiro atoms. The van der Waals surface area contributed by atoms with Crippen molar-refractivity contribution in [3.05, 3.63) is 130 Å². The monoisotopic (exact) mass is 676 g/mol. The number of thiophene rings is 1. The molecule has 12 heteroatoms. The van der Waals surface area contributed by atoms with E-state index in [1.807, 2.05) is 0 Å². The van der Waals surface area contributed by atoms with E-state index in [2.05, 4.69) is 9.58 Å². The Morgan fingerprint density at radius 3 is 2.41 bits per heavy atom. The third-order valence-electron chi connectivity index (χ3n) is 7.43. The lowest BCUT2D eigenvalue weighted by atomic mass is 9.96. The Kier molecular flexibility index (Phi) is 8.20. The zero-order valence-electron chi connectivity index (χ0n) is 23.7. The van der Waals surface area contributed by atoms with Gasteiger partial charge in [0.25, 0.3) is 10.0 Å². The average molecular weight is 677 g/mol. The van der Waals surface area contributed by atoms with Crippen molar-refractivity contribution in [2.24, 2.45) is 0 Å². The lowest BCUT2D eigenvalue weighted by molar-refractivity contribution is 0.0595. The molecule has 230 valence electrons. The summed E-state index contributed by atoms with van der Waals surface area (Å²) in [6.07, 6.45) is 0. The highest BCUT2D eigenvalue weighted by Crippen LogP contribution is 2.48. The Hall–Kier alpha value is -4.89. The van der Waals surface area contributed by atoms with Crippen molar-refractivity contribution in [1.29, 1.82) is 0 Å². The number of nitrogens with zero attached hydrogens (tertiary/aromatic N) is 2. The van der Waals surface area contributed by atoms with Gasteiger partial charge in [0.2, 0.25) is 5.00 Å². The Bertz CT molecular complexity index is 2330. The second-order valence-corrected chi connectivity index (χ2v) is 13.2. The van der Waals surface area contributed by atoms with Crippen molar-refractivity contribution in [3.63, 3.8) is 0 Å². The van der Waals surface area contributed by atoms with Crippen molar-refractivity contribution in [2.45, 2.75) is 11.6 Å². The van der Waals surface area contributed by atoms with Crippen LogP contribution in [0.25, 0.3) is 49.3 Å². The number of carbonyl (C=O) groups excluding carboxylic acids is 1. The van der Waals surface area contributed by atoms with Gasteiger partial charge in [-0.25, -0.2) is 35.2 Å². The first-order valence-electron chi connectivity index (χ1n) is 13.5. The molecular formula is C34H20ClF3N2O4S2. The van der Waals surface area contributed by atoms with Crippen LogP contribution in [0.4, 0.5) is 18.2 Å². The van der Waals surface area contributed by atoms with Crippen LogP contribution in [-0.4, -0.2) is 25.5 Å². The number of alkyl halides is 1. The summed E-state index contributed by atoms with van der Waals surface area (Å²) in [5, 5.41) is 2.21. The van der Waals surface area contributed by atoms with Gasteiger partial charge in [-0.15, -0.1) is 0 Å². The van der Waals surface area contributed by atoms with Gasteiger partial charge >= 0.3 is 5.97 Å². The van der Waals surface area contributed by atoms with E-state index >= 15 is 4.39 Å². The number of hydrogen-bond donors (Lipinski definition) is 0. The molecule has 0 aliphatic rings. The number of ether oxygens (including phenoxy) is 1. The lowest BCUT2D eigenvalue weighted by Crippen LogP contribution is -2.14.